The number of hydrogen-bond donors (Lipinski definition) is 2. The fraction of sp³-hybridized carbons (Fsp3) is 0.548. The first-order valence-corrected chi connectivity index (χ1v) is 19.3. The minimum absolute atomic E-state index is 0.0562. The zero-order chi connectivity index (χ0) is 34.5. The van der Waals surface area contributed by atoms with E-state index in [-0.39, 0.29) is 69.3 Å². The van der Waals surface area contributed by atoms with Crippen LogP contribution in [0.1, 0.15) is 61.8 Å². The highest BCUT2D eigenvalue weighted by molar-refractivity contribution is 7.92. The number of carbonyl (C=O) groups excluding carboxylic acids is 1. The second-order valence-corrected chi connectivity index (χ2v) is 16.8. The van der Waals surface area contributed by atoms with Gasteiger partial charge in [0, 0.05) is 38.3 Å². The van der Waals surface area contributed by atoms with Crippen LogP contribution in [0.4, 0.5) is 5.69 Å². The number of hydrogen-bond acceptors (Lipinski definition) is 11. The Bertz CT molecular complexity index is 1710. The third-order valence-electron chi connectivity index (χ3n) is 8.14. The van der Waals surface area contributed by atoms with Gasteiger partial charge in [-0.3, -0.25) is 9.52 Å². The van der Waals surface area contributed by atoms with Crippen molar-refractivity contribution in [3.05, 3.63) is 52.7 Å². The van der Waals surface area contributed by atoms with Crippen LogP contribution in [0.25, 0.3) is 0 Å². The quantitative estimate of drug-likeness (QED) is 0.327. The summed E-state index contributed by atoms with van der Waals surface area (Å²) < 4.78 is 74.6. The number of amides is 1. The summed E-state index contributed by atoms with van der Waals surface area (Å²) in [5, 5.41) is 15.6. The highest BCUT2D eigenvalue weighted by Crippen LogP contribution is 2.31. The van der Waals surface area contributed by atoms with Crippen molar-refractivity contribution in [1.82, 2.24) is 14.4 Å². The average molecular weight is 713 g/mol. The molecule has 1 amide bonds. The minimum Gasteiger partial charge on any atom is -0.490 e. The molecule has 1 aliphatic heterocycles. The molecule has 1 aromatic carbocycles. The topological polar surface area (TPSA) is 169 Å². The van der Waals surface area contributed by atoms with E-state index in [1.54, 1.807) is 30.5 Å². The van der Waals surface area contributed by atoms with Gasteiger partial charge in [0.15, 0.2) is 10.7 Å². The molecular formula is C31H44N4O9S3. The third kappa shape index (κ3) is 8.72. The van der Waals surface area contributed by atoms with Crippen LogP contribution in [0, 0.1) is 19.8 Å². The van der Waals surface area contributed by atoms with Gasteiger partial charge in [0.2, 0.25) is 0 Å². The molecule has 1 aliphatic rings. The molecule has 0 radical (unpaired) electrons. The molecule has 13 nitrogen and oxygen atoms in total. The van der Waals surface area contributed by atoms with Crippen molar-refractivity contribution in [2.75, 3.05) is 38.1 Å². The van der Waals surface area contributed by atoms with Crippen molar-refractivity contribution in [3.8, 4) is 5.75 Å². The number of rotatable bonds is 9. The van der Waals surface area contributed by atoms with Crippen LogP contribution in [0.15, 0.2) is 49.3 Å². The Balaban J connectivity index is 1.69. The van der Waals surface area contributed by atoms with Crippen LogP contribution >= 0.6 is 11.3 Å². The Morgan fingerprint density at radius 3 is 2.55 bits per heavy atom. The molecule has 0 saturated heterocycles. The molecule has 4 atom stereocenters. The Labute approximate surface area is 280 Å². The van der Waals surface area contributed by atoms with Gasteiger partial charge >= 0.3 is 0 Å². The Morgan fingerprint density at radius 2 is 1.91 bits per heavy atom. The molecule has 3 heterocycles. The van der Waals surface area contributed by atoms with E-state index < -0.39 is 38.1 Å². The summed E-state index contributed by atoms with van der Waals surface area (Å²) in [6.07, 6.45) is 1.28. The van der Waals surface area contributed by atoms with Gasteiger partial charge in [-0.15, -0.1) is 11.3 Å². The predicted molar refractivity (Wildman–Crippen MR) is 178 cm³/mol. The number of aliphatic hydroxyl groups excluding tert-OH is 1. The Kier molecular flexibility index (Phi) is 12.1. The van der Waals surface area contributed by atoms with Crippen LogP contribution in [0.3, 0.4) is 0 Å². The Hall–Kier alpha value is -3.02. The molecule has 4 rings (SSSR count). The minimum atomic E-state index is -4.11. The fourth-order valence-electron chi connectivity index (χ4n) is 5.43. The first-order chi connectivity index (χ1) is 22.1. The number of fused-ring (bicyclic) bond motifs is 1. The second-order valence-electron chi connectivity index (χ2n) is 12.0. The molecule has 2 aromatic heterocycles. The van der Waals surface area contributed by atoms with Gasteiger partial charge in [0.05, 0.1) is 30.4 Å². The highest BCUT2D eigenvalue weighted by Gasteiger charge is 2.33. The number of benzene rings is 1. The summed E-state index contributed by atoms with van der Waals surface area (Å²) in [5.74, 6) is -0.447. The maximum absolute atomic E-state index is 14.3. The lowest BCUT2D eigenvalue weighted by atomic mass is 10.0. The average Bonchev–Trinajstić information content (AvgIpc) is 3.69. The smallest absolute Gasteiger partial charge is 0.267 e. The number of likely N-dealkylation sites (N-methyl/N-ethyl adjacent to an activating group) is 1. The zero-order valence-corrected chi connectivity index (χ0v) is 30.0. The van der Waals surface area contributed by atoms with Crippen molar-refractivity contribution >= 4 is 43.0 Å². The first-order valence-electron chi connectivity index (χ1n) is 15.4. The summed E-state index contributed by atoms with van der Waals surface area (Å²) in [6, 6.07) is 7.10. The predicted octanol–water partition coefficient (Wildman–Crippen LogP) is 4.27. The summed E-state index contributed by atoms with van der Waals surface area (Å²) in [5.41, 5.74) is 0.431. The van der Waals surface area contributed by atoms with Gasteiger partial charge in [-0.1, -0.05) is 18.1 Å². The largest absolute Gasteiger partial charge is 0.490 e. The number of nitrogens with zero attached hydrogens (tertiary/aromatic N) is 3. The molecule has 2 N–H and O–H groups in total. The number of aryl methyl sites for hydroxylation is 2. The molecule has 0 saturated carbocycles. The summed E-state index contributed by atoms with van der Waals surface area (Å²) in [4.78, 5) is 15.7. The van der Waals surface area contributed by atoms with E-state index in [0.29, 0.717) is 19.4 Å². The number of nitrogens with one attached hydrogen (secondary N) is 1. The number of ether oxygens (including phenoxy) is 2. The number of thiophene rings is 1. The summed E-state index contributed by atoms with van der Waals surface area (Å²) in [7, 11) is -6.34. The molecule has 0 spiro atoms. The van der Waals surface area contributed by atoms with Crippen molar-refractivity contribution in [1.29, 1.82) is 0 Å². The van der Waals surface area contributed by atoms with E-state index in [4.69, 9.17) is 14.0 Å². The van der Waals surface area contributed by atoms with Crippen molar-refractivity contribution in [2.45, 2.75) is 81.2 Å². The van der Waals surface area contributed by atoms with Crippen molar-refractivity contribution in [3.63, 3.8) is 0 Å². The van der Waals surface area contributed by atoms with E-state index in [1.165, 1.54) is 42.2 Å². The Morgan fingerprint density at radius 1 is 1.17 bits per heavy atom. The highest BCUT2D eigenvalue weighted by atomic mass is 32.2. The molecule has 0 unspecified atom stereocenters. The molecule has 47 heavy (non-hydrogen) atoms. The van der Waals surface area contributed by atoms with E-state index in [9.17, 15) is 26.7 Å². The lowest BCUT2D eigenvalue weighted by Gasteiger charge is -2.35. The molecule has 0 aliphatic carbocycles. The fourth-order valence-corrected chi connectivity index (χ4v) is 9.19. The lowest BCUT2D eigenvalue weighted by Crippen LogP contribution is -2.48. The molecule has 16 heteroatoms. The van der Waals surface area contributed by atoms with Crippen LogP contribution in [0.5, 0.6) is 5.75 Å². The van der Waals surface area contributed by atoms with Gasteiger partial charge in [-0.05, 0) is 76.6 Å². The molecule has 260 valence electrons. The van der Waals surface area contributed by atoms with Gasteiger partial charge in [0.25, 0.3) is 26.0 Å². The van der Waals surface area contributed by atoms with Crippen LogP contribution < -0.4 is 9.46 Å². The number of anilines is 1. The van der Waals surface area contributed by atoms with Crippen molar-refractivity contribution < 1.29 is 40.7 Å². The number of aromatic nitrogens is 1. The van der Waals surface area contributed by atoms with Crippen molar-refractivity contribution in [2.24, 2.45) is 5.92 Å². The molecular weight excluding hydrogens is 669 g/mol. The molecule has 0 bridgehead atoms. The van der Waals surface area contributed by atoms with E-state index in [0.717, 1.165) is 17.8 Å². The summed E-state index contributed by atoms with van der Waals surface area (Å²) in [6.45, 7) is 8.70. The van der Waals surface area contributed by atoms with Gasteiger partial charge in [-0.25, -0.2) is 16.8 Å². The normalized spacial score (nSPS) is 21.1. The van der Waals surface area contributed by atoms with Crippen LogP contribution in [-0.4, -0.2) is 93.8 Å². The van der Waals surface area contributed by atoms with Crippen LogP contribution in [0.2, 0.25) is 0 Å². The lowest BCUT2D eigenvalue weighted by molar-refractivity contribution is -0.00832. The third-order valence-corrected chi connectivity index (χ3v) is 13.0. The van der Waals surface area contributed by atoms with Gasteiger partial charge in [-0.2, -0.15) is 4.31 Å². The maximum atomic E-state index is 14.3. The standard InChI is InChI=1S/C31H44N4O9S3/c1-20-17-35(21(2)19-36)31(37)26-16-25(33-46(38,39)30-23(4)32-44-24(30)5)12-13-27(26)43-22(3)10-7-8-14-42-28(20)18-34(6)47(40,41)29-11-9-15-45-29/h9,11-13,15-16,20-22,28,33,36H,7-8,10,14,17-19H2,1-6H3/t20-,21+,22-,28-/m0/s1. The number of carbonyl (C=O) groups is 1. The van der Waals surface area contributed by atoms with Gasteiger partial charge in [0.1, 0.15) is 15.7 Å². The van der Waals surface area contributed by atoms with E-state index >= 15 is 0 Å². The van der Waals surface area contributed by atoms with E-state index in [1.807, 2.05) is 13.8 Å². The second kappa shape index (κ2) is 15.5. The molecule has 3 aromatic rings. The zero-order valence-electron chi connectivity index (χ0n) is 27.5. The molecule has 0 fully saturated rings. The van der Waals surface area contributed by atoms with Crippen LogP contribution in [-0.2, 0) is 24.8 Å². The number of aliphatic hydroxyl groups is 1. The van der Waals surface area contributed by atoms with E-state index in [2.05, 4.69) is 9.88 Å². The first kappa shape index (κ1) is 36.8. The monoisotopic (exact) mass is 712 g/mol. The summed E-state index contributed by atoms with van der Waals surface area (Å²) >= 11 is 1.14. The SMILES string of the molecule is Cc1noc(C)c1S(=O)(=O)Nc1ccc2c(c1)C(=O)N([C@H](C)CO)C[C@H](C)[C@H](CN(C)S(=O)(=O)c1cccs1)OCCCC[C@H](C)O2. The van der Waals surface area contributed by atoms with Gasteiger partial charge < -0.3 is 24.0 Å². The number of sulfonamides is 2. The maximum Gasteiger partial charge on any atom is 0.267 e.